The van der Waals surface area contributed by atoms with Gasteiger partial charge >= 0.3 is 14.0 Å². The Morgan fingerprint density at radius 3 is 0.735 bits per heavy atom. The van der Waals surface area contributed by atoms with Crippen molar-refractivity contribution < 1.29 is 18.6 Å². The molecule has 0 radical (unpaired) electrons. The van der Waals surface area contributed by atoms with Crippen LogP contribution in [0.1, 0.15) is 46.7 Å². The van der Waals surface area contributed by atoms with E-state index in [2.05, 4.69) is 48.5 Å². The van der Waals surface area contributed by atoms with Gasteiger partial charge in [-0.15, -0.1) is 0 Å². The highest BCUT2D eigenvalue weighted by atomic mass is 16.7. The first-order valence-corrected chi connectivity index (χ1v) is 11.7. The molecule has 2 aliphatic rings. The third kappa shape index (κ3) is 4.22. The molecule has 4 aromatic carbocycles. The van der Waals surface area contributed by atoms with Gasteiger partial charge in [0.2, 0.25) is 0 Å². The van der Waals surface area contributed by atoms with Crippen LogP contribution >= 0.6 is 0 Å². The number of benzene rings is 4. The van der Waals surface area contributed by atoms with Crippen molar-refractivity contribution in [2.24, 2.45) is 0 Å². The van der Waals surface area contributed by atoms with Crippen molar-refractivity contribution in [2.45, 2.75) is 24.4 Å². The van der Waals surface area contributed by atoms with E-state index in [-0.39, 0.29) is 24.4 Å². The first-order chi connectivity index (χ1) is 16.9. The fourth-order valence-electron chi connectivity index (χ4n) is 4.77. The summed E-state index contributed by atoms with van der Waals surface area (Å²) in [5.41, 5.74) is 4.26. The largest absolute Gasteiger partial charge is 0.489 e. The predicted octanol–water partition coefficient (Wildman–Crippen LogP) is 6.10. The van der Waals surface area contributed by atoms with E-state index in [1.54, 1.807) is 0 Å². The van der Waals surface area contributed by atoms with Crippen molar-refractivity contribution in [1.29, 1.82) is 0 Å². The van der Waals surface area contributed by atoms with Crippen molar-refractivity contribution in [3.8, 4) is 0 Å². The van der Waals surface area contributed by atoms with Crippen LogP contribution < -0.4 is 0 Å². The normalized spacial score (nSPS) is 24.5. The molecule has 2 aliphatic heterocycles. The summed E-state index contributed by atoms with van der Waals surface area (Å²) in [5, 5.41) is 0. The highest BCUT2D eigenvalue weighted by Crippen LogP contribution is 2.46. The lowest BCUT2D eigenvalue weighted by Crippen LogP contribution is -2.39. The molecular weight excluding hydrogens is 422 g/mol. The molecule has 0 aliphatic carbocycles. The standard InChI is InChI=1S/C28H24B2O4/c1-5-13-21(14-6-1)25-26(22-15-7-2-8-16-22)32-29(31-25)30-33-27(23-17-9-3-10-18-23)28(34-30)24-19-11-4-12-20-24/h1-20,25-28H/t25-,26-,27-,28-/m1/s1. The molecule has 34 heavy (non-hydrogen) atoms. The third-order valence-corrected chi connectivity index (χ3v) is 6.41. The zero-order valence-corrected chi connectivity index (χ0v) is 18.6. The van der Waals surface area contributed by atoms with Crippen LogP contribution in [0.3, 0.4) is 0 Å². The summed E-state index contributed by atoms with van der Waals surface area (Å²) in [6, 6.07) is 40.8. The lowest BCUT2D eigenvalue weighted by atomic mass is 9.49. The average Bonchev–Trinajstić information content (AvgIpc) is 3.56. The molecule has 0 amide bonds. The van der Waals surface area contributed by atoms with Gasteiger partial charge in [0.05, 0.1) is 24.4 Å². The van der Waals surface area contributed by atoms with Crippen LogP contribution in [0.4, 0.5) is 0 Å². The molecule has 2 heterocycles. The minimum atomic E-state index is -0.657. The highest BCUT2D eigenvalue weighted by molar-refractivity contribution is 7.11. The van der Waals surface area contributed by atoms with Crippen LogP contribution in [0.5, 0.6) is 0 Å². The topological polar surface area (TPSA) is 36.9 Å². The molecule has 0 unspecified atom stereocenters. The van der Waals surface area contributed by atoms with Crippen molar-refractivity contribution in [2.75, 3.05) is 0 Å². The Bertz CT molecular complexity index is 1000. The Morgan fingerprint density at radius 2 is 0.529 bits per heavy atom. The molecule has 0 saturated carbocycles. The fourth-order valence-corrected chi connectivity index (χ4v) is 4.77. The zero-order valence-electron chi connectivity index (χ0n) is 18.6. The first-order valence-electron chi connectivity index (χ1n) is 11.7. The maximum Gasteiger partial charge on any atom is 0.489 e. The van der Waals surface area contributed by atoms with Crippen LogP contribution in [0, 0.1) is 0 Å². The lowest BCUT2D eigenvalue weighted by Gasteiger charge is -2.19. The third-order valence-electron chi connectivity index (χ3n) is 6.41. The molecule has 4 aromatic rings. The molecule has 0 aromatic heterocycles. The van der Waals surface area contributed by atoms with Crippen LogP contribution in [-0.4, -0.2) is 14.0 Å². The SMILES string of the molecule is c1ccc([C@H]2OB(B3O[C@H](c4ccccc4)[C@@H](c4ccccc4)O3)O[C@@H]2c2ccccc2)cc1. The Hall–Kier alpha value is -3.15. The van der Waals surface area contributed by atoms with Crippen LogP contribution in [0.25, 0.3) is 0 Å². The Kier molecular flexibility index (Phi) is 6.04. The number of rotatable bonds is 5. The summed E-state index contributed by atoms with van der Waals surface area (Å²) >= 11 is 0. The van der Waals surface area contributed by atoms with Gasteiger partial charge in [0.1, 0.15) is 0 Å². The number of hydrogen-bond acceptors (Lipinski definition) is 4. The molecule has 4 nitrogen and oxygen atoms in total. The van der Waals surface area contributed by atoms with Gasteiger partial charge in [-0.3, -0.25) is 0 Å². The van der Waals surface area contributed by atoms with Gasteiger partial charge in [0.15, 0.2) is 0 Å². The van der Waals surface area contributed by atoms with E-state index in [1.165, 1.54) is 0 Å². The Labute approximate surface area is 200 Å². The monoisotopic (exact) mass is 446 g/mol. The second kappa shape index (κ2) is 9.61. The number of hydrogen-bond donors (Lipinski definition) is 0. The fraction of sp³-hybridized carbons (Fsp3) is 0.143. The van der Waals surface area contributed by atoms with E-state index >= 15 is 0 Å². The van der Waals surface area contributed by atoms with Crippen molar-refractivity contribution >= 4 is 14.0 Å². The van der Waals surface area contributed by atoms with Gasteiger partial charge in [-0.2, -0.15) is 0 Å². The van der Waals surface area contributed by atoms with Crippen LogP contribution in [0.15, 0.2) is 121 Å². The zero-order chi connectivity index (χ0) is 22.7. The van der Waals surface area contributed by atoms with E-state index in [4.69, 9.17) is 18.6 Å². The quantitative estimate of drug-likeness (QED) is 0.348. The Morgan fingerprint density at radius 1 is 0.324 bits per heavy atom. The summed E-state index contributed by atoms with van der Waals surface area (Å²) < 4.78 is 26.0. The van der Waals surface area contributed by atoms with Crippen LogP contribution in [0.2, 0.25) is 0 Å². The van der Waals surface area contributed by atoms with Crippen molar-refractivity contribution in [1.82, 2.24) is 0 Å². The molecule has 0 spiro atoms. The van der Waals surface area contributed by atoms with E-state index in [0.29, 0.717) is 0 Å². The minimum absolute atomic E-state index is 0.258. The molecule has 4 atom stereocenters. The van der Waals surface area contributed by atoms with Gasteiger partial charge < -0.3 is 18.6 Å². The van der Waals surface area contributed by atoms with Gasteiger partial charge in [0.25, 0.3) is 0 Å². The predicted molar refractivity (Wildman–Crippen MR) is 133 cm³/mol. The molecule has 0 N–H and O–H groups in total. The van der Waals surface area contributed by atoms with Crippen molar-refractivity contribution in [3.63, 3.8) is 0 Å². The average molecular weight is 446 g/mol. The summed E-state index contributed by atoms with van der Waals surface area (Å²) in [7, 11) is -1.31. The van der Waals surface area contributed by atoms with E-state index in [0.717, 1.165) is 22.3 Å². The maximum atomic E-state index is 6.49. The molecule has 6 heteroatoms. The molecule has 2 fully saturated rings. The Balaban J connectivity index is 1.31. The molecule has 6 rings (SSSR count). The maximum absolute atomic E-state index is 6.49. The molecular formula is C28H24B2O4. The molecule has 166 valence electrons. The van der Waals surface area contributed by atoms with Crippen molar-refractivity contribution in [3.05, 3.63) is 144 Å². The smallest absolute Gasteiger partial charge is 0.403 e. The summed E-state index contributed by atoms with van der Waals surface area (Å²) in [4.78, 5) is 0. The highest BCUT2D eigenvalue weighted by Gasteiger charge is 2.56. The van der Waals surface area contributed by atoms with Gasteiger partial charge in [0, 0.05) is 0 Å². The van der Waals surface area contributed by atoms with Gasteiger partial charge in [-0.1, -0.05) is 121 Å². The minimum Gasteiger partial charge on any atom is -0.403 e. The summed E-state index contributed by atoms with van der Waals surface area (Å²) in [6.07, 6.45) is -1.03. The summed E-state index contributed by atoms with van der Waals surface area (Å²) in [6.45, 7) is 0. The molecule has 0 bridgehead atoms. The van der Waals surface area contributed by atoms with E-state index < -0.39 is 14.0 Å². The lowest BCUT2D eigenvalue weighted by molar-refractivity contribution is 0.159. The molecule has 2 saturated heterocycles. The van der Waals surface area contributed by atoms with Gasteiger partial charge in [-0.25, -0.2) is 0 Å². The van der Waals surface area contributed by atoms with Crippen LogP contribution in [-0.2, 0) is 18.6 Å². The second-order valence-electron chi connectivity index (χ2n) is 8.61. The van der Waals surface area contributed by atoms with E-state index in [9.17, 15) is 0 Å². The van der Waals surface area contributed by atoms with Gasteiger partial charge in [-0.05, 0) is 22.3 Å². The summed E-state index contributed by atoms with van der Waals surface area (Å²) in [5.74, 6) is 0. The van der Waals surface area contributed by atoms with E-state index in [1.807, 2.05) is 72.8 Å². The first kappa shape index (κ1) is 21.4. The second-order valence-corrected chi connectivity index (χ2v) is 8.61.